The normalized spacial score (nSPS) is 12.6. The minimum atomic E-state index is -2.53. The van der Waals surface area contributed by atoms with E-state index in [9.17, 15) is 13.9 Å². The van der Waals surface area contributed by atoms with Crippen molar-refractivity contribution < 1.29 is 23.7 Å². The van der Waals surface area contributed by atoms with E-state index in [2.05, 4.69) is 0 Å². The molecule has 108 valence electrons. The molecule has 1 atom stereocenters. The first-order chi connectivity index (χ1) is 9.01. The van der Waals surface area contributed by atoms with Crippen LogP contribution < -0.4 is 9.64 Å². The van der Waals surface area contributed by atoms with E-state index in [0.29, 0.717) is 17.0 Å². The van der Waals surface area contributed by atoms with Crippen LogP contribution in [0.15, 0.2) is 18.2 Å². The lowest BCUT2D eigenvalue weighted by Gasteiger charge is -2.28. The summed E-state index contributed by atoms with van der Waals surface area (Å²) in [6.07, 6.45) is -3.38. The predicted molar refractivity (Wildman–Crippen MR) is 68.9 cm³/mol. The van der Waals surface area contributed by atoms with Gasteiger partial charge in [0, 0.05) is 17.8 Å². The van der Waals surface area contributed by atoms with Gasteiger partial charge in [-0.1, -0.05) is 6.07 Å². The fourth-order valence-electron chi connectivity index (χ4n) is 2.00. The van der Waals surface area contributed by atoms with Gasteiger partial charge in [0.15, 0.2) is 0 Å². The SMILES string of the molecule is COc1cccc(N(CCO)CC(F)F)c1[C@@H](C)O. The fourth-order valence-corrected chi connectivity index (χ4v) is 2.00. The van der Waals surface area contributed by atoms with Crippen LogP contribution in [-0.4, -0.2) is 43.4 Å². The number of alkyl halides is 2. The molecular weight excluding hydrogens is 256 g/mol. The van der Waals surface area contributed by atoms with Gasteiger partial charge < -0.3 is 19.8 Å². The van der Waals surface area contributed by atoms with Crippen LogP contribution in [0, 0.1) is 0 Å². The van der Waals surface area contributed by atoms with Gasteiger partial charge in [-0.3, -0.25) is 0 Å². The number of halogens is 2. The van der Waals surface area contributed by atoms with Crippen molar-refractivity contribution in [2.24, 2.45) is 0 Å². The topological polar surface area (TPSA) is 52.9 Å². The first-order valence-electron chi connectivity index (χ1n) is 6.00. The maximum absolute atomic E-state index is 12.6. The van der Waals surface area contributed by atoms with Gasteiger partial charge in [-0.05, 0) is 19.1 Å². The average molecular weight is 275 g/mol. The lowest BCUT2D eigenvalue weighted by atomic mass is 10.1. The van der Waals surface area contributed by atoms with Crippen molar-refractivity contribution in [1.82, 2.24) is 0 Å². The van der Waals surface area contributed by atoms with Crippen LogP contribution in [0.2, 0.25) is 0 Å². The van der Waals surface area contributed by atoms with Crippen molar-refractivity contribution in [3.63, 3.8) is 0 Å². The summed E-state index contributed by atoms with van der Waals surface area (Å²) in [5.41, 5.74) is 0.891. The molecule has 1 aromatic rings. The van der Waals surface area contributed by atoms with Crippen LogP contribution in [0.1, 0.15) is 18.6 Å². The Balaban J connectivity index is 3.20. The molecule has 19 heavy (non-hydrogen) atoms. The second kappa shape index (κ2) is 7.25. The number of hydrogen-bond donors (Lipinski definition) is 2. The summed E-state index contributed by atoms with van der Waals surface area (Å²) in [6.45, 7) is 0.856. The molecule has 0 aliphatic carbocycles. The molecule has 0 spiro atoms. The van der Waals surface area contributed by atoms with Crippen LogP contribution in [0.5, 0.6) is 5.75 Å². The van der Waals surface area contributed by atoms with Crippen LogP contribution >= 0.6 is 0 Å². The summed E-state index contributed by atoms with van der Waals surface area (Å²) in [6, 6.07) is 4.95. The molecule has 0 fully saturated rings. The molecule has 0 bridgehead atoms. The molecule has 0 saturated carbocycles. The molecule has 0 amide bonds. The van der Waals surface area contributed by atoms with E-state index < -0.39 is 19.1 Å². The zero-order valence-electron chi connectivity index (χ0n) is 11.0. The highest BCUT2D eigenvalue weighted by Gasteiger charge is 2.20. The highest BCUT2D eigenvalue weighted by Crippen LogP contribution is 2.34. The van der Waals surface area contributed by atoms with Gasteiger partial charge in [0.05, 0.1) is 26.4 Å². The van der Waals surface area contributed by atoms with Gasteiger partial charge in [0.25, 0.3) is 6.43 Å². The number of nitrogens with zero attached hydrogens (tertiary/aromatic N) is 1. The average Bonchev–Trinajstić information content (AvgIpc) is 2.36. The number of methoxy groups -OCH3 is 1. The maximum Gasteiger partial charge on any atom is 0.255 e. The van der Waals surface area contributed by atoms with Gasteiger partial charge in [0.1, 0.15) is 5.75 Å². The minimum Gasteiger partial charge on any atom is -0.496 e. The van der Waals surface area contributed by atoms with Crippen molar-refractivity contribution in [2.75, 3.05) is 31.7 Å². The number of aliphatic hydroxyl groups is 2. The number of aliphatic hydroxyl groups excluding tert-OH is 2. The minimum absolute atomic E-state index is 0.0667. The summed E-state index contributed by atoms with van der Waals surface area (Å²) in [7, 11) is 1.45. The Bertz CT molecular complexity index is 399. The monoisotopic (exact) mass is 275 g/mol. The summed E-state index contributed by atoms with van der Waals surface area (Å²) in [5.74, 6) is 0.435. The summed E-state index contributed by atoms with van der Waals surface area (Å²) in [5, 5.41) is 18.8. The fraction of sp³-hybridized carbons (Fsp3) is 0.538. The molecule has 6 heteroatoms. The van der Waals surface area contributed by atoms with E-state index in [1.807, 2.05) is 0 Å². The Kier molecular flexibility index (Phi) is 5.98. The van der Waals surface area contributed by atoms with Crippen LogP contribution in [0.4, 0.5) is 14.5 Å². The molecule has 2 N–H and O–H groups in total. The quantitative estimate of drug-likeness (QED) is 0.797. The molecule has 0 aliphatic rings. The first kappa shape index (κ1) is 15.7. The molecule has 0 unspecified atom stereocenters. The van der Waals surface area contributed by atoms with Crippen LogP contribution in [0.25, 0.3) is 0 Å². The second-order valence-electron chi connectivity index (χ2n) is 4.13. The van der Waals surface area contributed by atoms with Gasteiger partial charge in [-0.25, -0.2) is 8.78 Å². The molecule has 1 aromatic carbocycles. The molecule has 4 nitrogen and oxygen atoms in total. The molecule has 0 aliphatic heterocycles. The largest absolute Gasteiger partial charge is 0.496 e. The standard InChI is InChI=1S/C13H19F2NO3/c1-9(18)13-10(4-3-5-11(13)19-2)16(6-7-17)8-12(14)15/h3-5,9,12,17-18H,6-8H2,1-2H3/t9-/m1/s1. The van der Waals surface area contributed by atoms with Gasteiger partial charge in [-0.15, -0.1) is 0 Å². The smallest absolute Gasteiger partial charge is 0.255 e. The Morgan fingerprint density at radius 3 is 2.53 bits per heavy atom. The summed E-state index contributed by atoms with van der Waals surface area (Å²) < 4.78 is 30.3. The maximum atomic E-state index is 12.6. The first-order valence-corrected chi connectivity index (χ1v) is 6.00. The van der Waals surface area contributed by atoms with Crippen molar-refractivity contribution >= 4 is 5.69 Å². The van der Waals surface area contributed by atoms with Crippen molar-refractivity contribution in [1.29, 1.82) is 0 Å². The molecule has 0 aromatic heterocycles. The van der Waals surface area contributed by atoms with Crippen LogP contribution in [0.3, 0.4) is 0 Å². The highest BCUT2D eigenvalue weighted by atomic mass is 19.3. The lowest BCUT2D eigenvalue weighted by molar-refractivity contribution is 0.152. The van der Waals surface area contributed by atoms with Crippen molar-refractivity contribution in [3.8, 4) is 5.75 Å². The second-order valence-corrected chi connectivity index (χ2v) is 4.13. The number of hydrogen-bond acceptors (Lipinski definition) is 4. The Morgan fingerprint density at radius 1 is 1.37 bits per heavy atom. The molecule has 1 rings (SSSR count). The van der Waals surface area contributed by atoms with Crippen molar-refractivity contribution in [2.45, 2.75) is 19.5 Å². The number of anilines is 1. The van der Waals surface area contributed by atoms with E-state index in [0.717, 1.165) is 0 Å². The van der Waals surface area contributed by atoms with Gasteiger partial charge in [0.2, 0.25) is 0 Å². The number of rotatable bonds is 7. The molecule has 0 saturated heterocycles. The third-order valence-corrected chi connectivity index (χ3v) is 2.75. The lowest BCUT2D eigenvalue weighted by Crippen LogP contribution is -2.32. The Labute approximate surface area is 111 Å². The van der Waals surface area contributed by atoms with Crippen LogP contribution in [-0.2, 0) is 0 Å². The predicted octanol–water partition coefficient (Wildman–Crippen LogP) is 1.81. The Morgan fingerprint density at radius 2 is 2.05 bits per heavy atom. The van der Waals surface area contributed by atoms with E-state index in [4.69, 9.17) is 9.84 Å². The molecule has 0 heterocycles. The van der Waals surface area contributed by atoms with Gasteiger partial charge >= 0.3 is 0 Å². The van der Waals surface area contributed by atoms with E-state index in [-0.39, 0.29) is 13.2 Å². The van der Waals surface area contributed by atoms with Crippen molar-refractivity contribution in [3.05, 3.63) is 23.8 Å². The zero-order chi connectivity index (χ0) is 14.4. The molecule has 0 radical (unpaired) electrons. The third-order valence-electron chi connectivity index (χ3n) is 2.75. The third kappa shape index (κ3) is 4.04. The van der Waals surface area contributed by atoms with E-state index in [1.165, 1.54) is 12.0 Å². The van der Waals surface area contributed by atoms with E-state index in [1.54, 1.807) is 25.1 Å². The summed E-state index contributed by atoms with van der Waals surface area (Å²) in [4.78, 5) is 1.34. The Hall–Kier alpha value is -1.40. The number of ether oxygens (including phenoxy) is 1. The molecular formula is C13H19F2NO3. The zero-order valence-corrected chi connectivity index (χ0v) is 11.0. The van der Waals surface area contributed by atoms with E-state index >= 15 is 0 Å². The highest BCUT2D eigenvalue weighted by molar-refractivity contribution is 5.60. The van der Waals surface area contributed by atoms with Gasteiger partial charge in [-0.2, -0.15) is 0 Å². The summed E-state index contributed by atoms with van der Waals surface area (Å²) >= 11 is 0. The number of benzene rings is 1.